The van der Waals surface area contributed by atoms with E-state index in [1.54, 1.807) is 13.7 Å². The van der Waals surface area contributed by atoms with Crippen LogP contribution in [0.15, 0.2) is 218 Å². The molecule has 0 amide bonds. The van der Waals surface area contributed by atoms with Crippen LogP contribution < -0.4 is 26.2 Å². The molecule has 0 fully saturated rings. The average Bonchev–Trinajstić information content (AvgIpc) is 1.36. The minimum absolute atomic E-state index is 0.0575. The zero-order valence-corrected chi connectivity index (χ0v) is 58.2. The van der Waals surface area contributed by atoms with Crippen molar-refractivity contribution in [1.82, 2.24) is 13.7 Å². The predicted octanol–water partition coefficient (Wildman–Crippen LogP) is 22.8. The number of benzene rings is 11. The van der Waals surface area contributed by atoms with Crippen LogP contribution in [0.25, 0.3) is 82.5 Å². The lowest BCUT2D eigenvalue weighted by Gasteiger charge is -2.44. The van der Waals surface area contributed by atoms with Crippen LogP contribution in [0.2, 0.25) is 0 Å². The van der Waals surface area contributed by atoms with Crippen molar-refractivity contribution < 1.29 is 24.7 Å². The van der Waals surface area contributed by atoms with Crippen LogP contribution in [0, 0.1) is 0 Å². The Morgan fingerprint density at radius 2 is 0.542 bits per heavy atom. The van der Waals surface area contributed by atoms with Gasteiger partial charge < -0.3 is 23.5 Å². The third-order valence-electron chi connectivity index (χ3n) is 19.2. The summed E-state index contributed by atoms with van der Waals surface area (Å²) >= 11 is 0. The molecule has 2 aliphatic heterocycles. The largest absolute Gasteiger partial charge is 0.311 e. The number of nitrogens with zero attached hydrogens (tertiary/aromatic N) is 5. The molecule has 0 spiro atoms. The first-order valence-electron chi connectivity index (χ1n) is 42.4. The maximum atomic E-state index is 10.6. The third kappa shape index (κ3) is 9.69. The molecule has 0 bridgehead atoms. The molecule has 0 N–H and O–H groups in total. The van der Waals surface area contributed by atoms with E-state index in [2.05, 4.69) is 9.80 Å². The van der Waals surface area contributed by atoms with Gasteiger partial charge in [0.25, 0.3) is 6.71 Å². The number of para-hydroxylation sites is 2. The molecule has 0 atom stereocenters. The number of anilines is 6. The van der Waals surface area contributed by atoms with Crippen molar-refractivity contribution in [3.8, 4) is 17.1 Å². The van der Waals surface area contributed by atoms with Gasteiger partial charge in [0, 0.05) is 77.8 Å². The highest BCUT2D eigenvalue weighted by Crippen LogP contribution is 2.50. The number of aromatic nitrogens is 3. The molecular weight excluding hydrogens is 1160 g/mol. The molecule has 5 heterocycles. The first-order valence-corrected chi connectivity index (χ1v) is 33.4. The first kappa shape index (κ1) is 44.3. The van der Waals surface area contributed by atoms with E-state index in [9.17, 15) is 24.7 Å². The van der Waals surface area contributed by atoms with Gasteiger partial charge in [-0.05, 0) is 203 Å². The Kier molecular flexibility index (Phi) is 9.68. The molecular formula is C90H90BN5. The lowest BCUT2D eigenvalue weighted by Crippen LogP contribution is -2.61. The van der Waals surface area contributed by atoms with E-state index in [1.165, 1.54) is 0 Å². The molecule has 0 saturated carbocycles. The van der Waals surface area contributed by atoms with Crippen molar-refractivity contribution in [2.24, 2.45) is 0 Å². The van der Waals surface area contributed by atoms with E-state index in [1.807, 2.05) is 234 Å². The van der Waals surface area contributed by atoms with Gasteiger partial charge in [-0.15, -0.1) is 0 Å². The van der Waals surface area contributed by atoms with Gasteiger partial charge in [0.05, 0.1) is 63.5 Å². The van der Waals surface area contributed by atoms with Gasteiger partial charge in [-0.3, -0.25) is 0 Å². The standard InChI is InChI=1S/C90H90BN5/c1-85(2,3)55-31-41-74-68(45-55)69-46-56(86(4,5)6)32-42-75(69)94(74)63-35-39-72-80(51-63)92(61-25-21-19-22-26-61)82-53-65(96-78-49-59(89(13,14)15)29-37-66(78)67-38-30-60(50-79(67)96)90(16,17)18)54-83-84(82)91(72)73-40-36-64(52-81(73)93(83)62-27-23-20-24-28-62)95-76-43-33-57(87(7,8)9)47-70(76)71-48-58(88(10,11)12)34-44-77(71)95/h19-54H,1-18H3/i29D,30D,31D,32D,33D,34D,37D,38D,41D,42D,43D,44D,45D,46D,47D,48D,49D,50D. The number of hydrogen-bond acceptors (Lipinski definition) is 2. The molecule has 14 aromatic rings. The molecule has 0 radical (unpaired) electrons. The number of hydrogen-bond donors (Lipinski definition) is 0. The quantitative estimate of drug-likeness (QED) is 0.160. The zero-order chi connectivity index (χ0) is 82.9. The highest BCUT2D eigenvalue weighted by Gasteiger charge is 2.45. The molecule has 11 aromatic carbocycles. The van der Waals surface area contributed by atoms with Crippen molar-refractivity contribution >= 4 is 123 Å². The van der Waals surface area contributed by atoms with Gasteiger partial charge in [-0.25, -0.2) is 0 Å². The maximum Gasteiger partial charge on any atom is 0.252 e. The summed E-state index contributed by atoms with van der Waals surface area (Å²) in [6.07, 6.45) is 0. The summed E-state index contributed by atoms with van der Waals surface area (Å²) in [5.41, 5.74) is 4.06. The Balaban J connectivity index is 1.13. The fourth-order valence-corrected chi connectivity index (χ4v) is 13.9. The summed E-state index contributed by atoms with van der Waals surface area (Å²) in [4.78, 5) is 4.21. The predicted molar refractivity (Wildman–Crippen MR) is 416 cm³/mol. The highest BCUT2D eigenvalue weighted by atomic mass is 15.2. The normalized spacial score (nSPS) is 16.5. The SMILES string of the molecule is [2H]c1c(C(C)(C)C)c([2H])c2c(c1[2H])c1c([2H])c([2H])c(C(C)(C)C)c([2H])c1n2-c1cc2c3c(c1)N(c1ccccc1)c1cc(-n4c5c([2H])c([2H])c(C(C)(C)C)c([2H])c5c5c([2H])c(C(C)(C)C)c([2H])c([2H])c54)ccc1B3c1ccc(-n3c4c([2H])c([2H])c(C(C)(C)C)c([2H])c4c4c([2H])c(C(C)(C)C)c([2H])c([2H])c43)cc1N2c1ccccc1. The summed E-state index contributed by atoms with van der Waals surface area (Å²) in [6, 6.07) is 31.7. The second kappa shape index (κ2) is 21.0. The molecule has 16 rings (SSSR count). The van der Waals surface area contributed by atoms with E-state index in [0.29, 0.717) is 51.2 Å². The lowest BCUT2D eigenvalue weighted by atomic mass is 9.33. The molecule has 6 heteroatoms. The van der Waals surface area contributed by atoms with Crippen LogP contribution in [0.4, 0.5) is 34.1 Å². The van der Waals surface area contributed by atoms with E-state index in [0.717, 1.165) is 16.4 Å². The van der Waals surface area contributed by atoms with Crippen LogP contribution in [-0.4, -0.2) is 20.4 Å². The molecule has 0 unspecified atom stereocenters. The minimum atomic E-state index is -0.899. The van der Waals surface area contributed by atoms with E-state index in [-0.39, 0.29) is 208 Å². The minimum Gasteiger partial charge on any atom is -0.311 e. The number of rotatable bonds is 5. The molecule has 3 aromatic heterocycles. The third-order valence-corrected chi connectivity index (χ3v) is 19.2. The van der Waals surface area contributed by atoms with Gasteiger partial charge in [-0.2, -0.15) is 0 Å². The maximum absolute atomic E-state index is 10.6. The van der Waals surface area contributed by atoms with Gasteiger partial charge >= 0.3 is 0 Å². The summed E-state index contributed by atoms with van der Waals surface area (Å²) < 4.78 is 187. The van der Waals surface area contributed by atoms with Crippen LogP contribution in [0.5, 0.6) is 0 Å². The second-order valence-corrected chi connectivity index (χ2v) is 32.5. The smallest absolute Gasteiger partial charge is 0.252 e. The van der Waals surface area contributed by atoms with Crippen molar-refractivity contribution in [3.05, 3.63) is 251 Å². The Morgan fingerprint density at radius 3 is 0.854 bits per heavy atom. The topological polar surface area (TPSA) is 21.3 Å². The Labute approximate surface area is 594 Å². The summed E-state index contributed by atoms with van der Waals surface area (Å²) in [6.45, 7) is 33.1. The summed E-state index contributed by atoms with van der Waals surface area (Å²) in [5, 5.41) is 0.923. The molecule has 2 aliphatic rings. The van der Waals surface area contributed by atoms with Crippen molar-refractivity contribution in [2.75, 3.05) is 9.80 Å². The van der Waals surface area contributed by atoms with Crippen LogP contribution in [0.1, 0.15) is 183 Å². The van der Waals surface area contributed by atoms with Crippen LogP contribution in [-0.2, 0) is 32.5 Å². The second-order valence-electron chi connectivity index (χ2n) is 32.5. The summed E-state index contributed by atoms with van der Waals surface area (Å²) in [5.74, 6) is 0. The van der Waals surface area contributed by atoms with Crippen molar-refractivity contribution in [2.45, 2.75) is 157 Å². The van der Waals surface area contributed by atoms with Gasteiger partial charge in [-0.1, -0.05) is 221 Å². The summed E-state index contributed by atoms with van der Waals surface area (Å²) in [7, 11) is 0. The molecule has 5 nitrogen and oxygen atoms in total. The van der Waals surface area contributed by atoms with E-state index < -0.39 is 39.2 Å². The van der Waals surface area contributed by atoms with E-state index in [4.69, 9.17) is 0 Å². The van der Waals surface area contributed by atoms with Crippen molar-refractivity contribution in [3.63, 3.8) is 0 Å². The number of fused-ring (bicyclic) bond motifs is 13. The average molecular weight is 1270 g/mol. The Morgan fingerprint density at radius 1 is 0.260 bits per heavy atom. The van der Waals surface area contributed by atoms with Crippen molar-refractivity contribution in [1.29, 1.82) is 0 Å². The Hall–Kier alpha value is -9.52. The molecule has 0 saturated heterocycles. The Bertz CT molecular complexity index is 6080. The van der Waals surface area contributed by atoms with Gasteiger partial charge in [0.2, 0.25) is 0 Å². The molecule has 0 aliphatic carbocycles. The fraction of sp³-hybridized carbons (Fsp3) is 0.267. The zero-order valence-electron chi connectivity index (χ0n) is 76.2. The van der Waals surface area contributed by atoms with Gasteiger partial charge in [0.1, 0.15) is 0 Å². The first-order chi connectivity index (χ1) is 53.0. The molecule has 478 valence electrons. The highest BCUT2D eigenvalue weighted by molar-refractivity contribution is 7.00. The monoisotopic (exact) mass is 1270 g/mol. The van der Waals surface area contributed by atoms with Crippen LogP contribution >= 0.6 is 0 Å². The van der Waals surface area contributed by atoms with Gasteiger partial charge in [0.15, 0.2) is 0 Å². The fourth-order valence-electron chi connectivity index (χ4n) is 13.9. The molecule has 96 heavy (non-hydrogen) atoms. The lowest BCUT2D eigenvalue weighted by molar-refractivity contribution is 0.590. The van der Waals surface area contributed by atoms with E-state index >= 15 is 0 Å². The van der Waals surface area contributed by atoms with Crippen LogP contribution in [0.3, 0.4) is 0 Å².